The Balaban J connectivity index is 2.21. The first-order chi connectivity index (χ1) is 8.56. The van der Waals surface area contributed by atoms with Crippen LogP contribution in [0.5, 0.6) is 0 Å². The van der Waals surface area contributed by atoms with Gasteiger partial charge in [0.25, 0.3) is 0 Å². The molecule has 1 aromatic heterocycles. The van der Waals surface area contributed by atoms with Crippen molar-refractivity contribution in [2.75, 3.05) is 0 Å². The molecular formula is C13H14F2N2S. The lowest BCUT2D eigenvalue weighted by Gasteiger charge is -2.04. The van der Waals surface area contributed by atoms with E-state index in [-0.39, 0.29) is 5.56 Å². The second-order valence-corrected chi connectivity index (χ2v) is 5.16. The van der Waals surface area contributed by atoms with Crippen LogP contribution in [-0.2, 0) is 6.54 Å². The first-order valence-corrected chi connectivity index (χ1v) is 6.57. The number of rotatable bonds is 4. The van der Waals surface area contributed by atoms with Gasteiger partial charge in [-0.05, 0) is 18.2 Å². The highest BCUT2D eigenvalue weighted by atomic mass is 32.1. The maximum Gasteiger partial charge on any atom is 0.133 e. The van der Waals surface area contributed by atoms with Gasteiger partial charge < -0.3 is 5.32 Å². The van der Waals surface area contributed by atoms with E-state index < -0.39 is 11.6 Å². The molecule has 0 fully saturated rings. The van der Waals surface area contributed by atoms with E-state index >= 15 is 0 Å². The molecule has 0 aliphatic carbocycles. The number of nitrogens with one attached hydrogen (secondary N) is 1. The molecule has 2 nitrogen and oxygen atoms in total. The lowest BCUT2D eigenvalue weighted by molar-refractivity contribution is 0.583. The molecular weight excluding hydrogens is 254 g/mol. The highest BCUT2D eigenvalue weighted by molar-refractivity contribution is 7.13. The SMILES string of the molecule is CC(C)NCc1csc(-c2cc(F)ccc2F)n1. The summed E-state index contributed by atoms with van der Waals surface area (Å²) < 4.78 is 26.7. The van der Waals surface area contributed by atoms with Crippen molar-refractivity contribution in [1.29, 1.82) is 0 Å². The largest absolute Gasteiger partial charge is 0.309 e. The van der Waals surface area contributed by atoms with Crippen LogP contribution in [0.2, 0.25) is 0 Å². The number of benzene rings is 1. The molecule has 0 amide bonds. The second-order valence-electron chi connectivity index (χ2n) is 4.30. The van der Waals surface area contributed by atoms with Gasteiger partial charge in [-0.1, -0.05) is 13.8 Å². The van der Waals surface area contributed by atoms with E-state index in [1.807, 2.05) is 19.2 Å². The van der Waals surface area contributed by atoms with E-state index in [0.717, 1.165) is 17.8 Å². The summed E-state index contributed by atoms with van der Waals surface area (Å²) >= 11 is 1.32. The summed E-state index contributed by atoms with van der Waals surface area (Å²) in [6.45, 7) is 4.71. The van der Waals surface area contributed by atoms with Crippen molar-refractivity contribution in [2.45, 2.75) is 26.4 Å². The van der Waals surface area contributed by atoms with Crippen LogP contribution in [-0.4, -0.2) is 11.0 Å². The molecule has 0 aliphatic heterocycles. The summed E-state index contributed by atoms with van der Waals surface area (Å²) in [5.74, 6) is -0.905. The molecule has 0 saturated carbocycles. The molecule has 2 aromatic rings. The van der Waals surface area contributed by atoms with Crippen molar-refractivity contribution in [1.82, 2.24) is 10.3 Å². The Hall–Kier alpha value is -1.33. The van der Waals surface area contributed by atoms with Gasteiger partial charge in [-0.25, -0.2) is 13.8 Å². The van der Waals surface area contributed by atoms with Gasteiger partial charge in [0.2, 0.25) is 0 Å². The van der Waals surface area contributed by atoms with E-state index in [9.17, 15) is 8.78 Å². The highest BCUT2D eigenvalue weighted by Crippen LogP contribution is 2.27. The smallest absolute Gasteiger partial charge is 0.133 e. The van der Waals surface area contributed by atoms with Gasteiger partial charge in [-0.2, -0.15) is 0 Å². The Morgan fingerprint density at radius 2 is 2.11 bits per heavy atom. The van der Waals surface area contributed by atoms with Crippen LogP contribution in [0.3, 0.4) is 0 Å². The molecule has 0 spiro atoms. The molecule has 1 N–H and O–H groups in total. The molecule has 5 heteroatoms. The molecule has 0 aliphatic rings. The van der Waals surface area contributed by atoms with Gasteiger partial charge in [0, 0.05) is 23.5 Å². The number of thiazole rings is 1. The average Bonchev–Trinajstić information content (AvgIpc) is 2.78. The van der Waals surface area contributed by atoms with Crippen LogP contribution in [0.4, 0.5) is 8.78 Å². The third kappa shape index (κ3) is 3.11. The summed E-state index contributed by atoms with van der Waals surface area (Å²) in [4.78, 5) is 4.30. The Labute approximate surface area is 109 Å². The van der Waals surface area contributed by atoms with Crippen molar-refractivity contribution in [2.24, 2.45) is 0 Å². The van der Waals surface area contributed by atoms with Gasteiger partial charge >= 0.3 is 0 Å². The molecule has 1 heterocycles. The fraction of sp³-hybridized carbons (Fsp3) is 0.308. The summed E-state index contributed by atoms with van der Waals surface area (Å²) in [7, 11) is 0. The van der Waals surface area contributed by atoms with Crippen LogP contribution < -0.4 is 5.32 Å². The van der Waals surface area contributed by atoms with Crippen molar-refractivity contribution >= 4 is 11.3 Å². The van der Waals surface area contributed by atoms with Gasteiger partial charge in [-0.3, -0.25) is 0 Å². The van der Waals surface area contributed by atoms with Crippen LogP contribution >= 0.6 is 11.3 Å². The lowest BCUT2D eigenvalue weighted by Crippen LogP contribution is -2.21. The van der Waals surface area contributed by atoms with Gasteiger partial charge in [0.1, 0.15) is 16.6 Å². The fourth-order valence-electron chi connectivity index (χ4n) is 1.48. The number of nitrogens with zero attached hydrogens (tertiary/aromatic N) is 1. The van der Waals surface area contributed by atoms with E-state index in [1.165, 1.54) is 17.4 Å². The maximum atomic E-state index is 13.6. The molecule has 96 valence electrons. The van der Waals surface area contributed by atoms with Crippen LogP contribution in [0, 0.1) is 11.6 Å². The van der Waals surface area contributed by atoms with Crippen LogP contribution in [0.15, 0.2) is 23.6 Å². The molecule has 0 atom stereocenters. The Morgan fingerprint density at radius 1 is 1.33 bits per heavy atom. The monoisotopic (exact) mass is 268 g/mol. The molecule has 0 radical (unpaired) electrons. The number of halogens is 2. The number of hydrogen-bond acceptors (Lipinski definition) is 3. The Kier molecular flexibility index (Phi) is 4.04. The molecule has 0 bridgehead atoms. The molecule has 2 rings (SSSR count). The van der Waals surface area contributed by atoms with E-state index in [4.69, 9.17) is 0 Å². The van der Waals surface area contributed by atoms with Crippen molar-refractivity contribution in [3.8, 4) is 10.6 Å². The number of hydrogen-bond donors (Lipinski definition) is 1. The van der Waals surface area contributed by atoms with Crippen molar-refractivity contribution in [3.63, 3.8) is 0 Å². The summed E-state index contributed by atoms with van der Waals surface area (Å²) in [5.41, 5.74) is 1.06. The average molecular weight is 268 g/mol. The standard InChI is InChI=1S/C13H14F2N2S/c1-8(2)16-6-10-7-18-13(17-10)11-5-9(14)3-4-12(11)15/h3-5,7-8,16H,6H2,1-2H3. The normalized spacial score (nSPS) is 11.2. The quantitative estimate of drug-likeness (QED) is 0.916. The van der Waals surface area contributed by atoms with Gasteiger partial charge in [-0.15, -0.1) is 11.3 Å². The summed E-state index contributed by atoms with van der Waals surface area (Å²) in [5, 5.41) is 5.59. The Morgan fingerprint density at radius 3 is 2.83 bits per heavy atom. The fourth-order valence-corrected chi connectivity index (χ4v) is 2.32. The first-order valence-electron chi connectivity index (χ1n) is 5.69. The Bertz CT molecular complexity index is 538. The third-order valence-corrected chi connectivity index (χ3v) is 3.33. The zero-order chi connectivity index (χ0) is 13.1. The maximum absolute atomic E-state index is 13.6. The summed E-state index contributed by atoms with van der Waals surface area (Å²) in [6.07, 6.45) is 0. The topological polar surface area (TPSA) is 24.9 Å². The summed E-state index contributed by atoms with van der Waals surface area (Å²) in [6, 6.07) is 3.76. The van der Waals surface area contributed by atoms with E-state index in [1.54, 1.807) is 0 Å². The van der Waals surface area contributed by atoms with E-state index in [2.05, 4.69) is 10.3 Å². The molecule has 0 unspecified atom stereocenters. The molecule has 18 heavy (non-hydrogen) atoms. The second kappa shape index (κ2) is 5.54. The number of aromatic nitrogens is 1. The predicted octanol–water partition coefficient (Wildman–Crippen LogP) is 3.59. The minimum Gasteiger partial charge on any atom is -0.309 e. The first kappa shape index (κ1) is 13.1. The zero-order valence-corrected chi connectivity index (χ0v) is 11.0. The van der Waals surface area contributed by atoms with Crippen LogP contribution in [0.25, 0.3) is 10.6 Å². The predicted molar refractivity (Wildman–Crippen MR) is 69.4 cm³/mol. The minimum absolute atomic E-state index is 0.218. The molecule has 1 aromatic carbocycles. The zero-order valence-electron chi connectivity index (χ0n) is 10.2. The lowest BCUT2D eigenvalue weighted by atomic mass is 10.2. The highest BCUT2D eigenvalue weighted by Gasteiger charge is 2.11. The van der Waals surface area contributed by atoms with Crippen molar-refractivity contribution in [3.05, 3.63) is 40.9 Å². The van der Waals surface area contributed by atoms with Crippen molar-refractivity contribution < 1.29 is 8.78 Å². The van der Waals surface area contributed by atoms with Gasteiger partial charge in [0.05, 0.1) is 5.69 Å². The minimum atomic E-state index is -0.455. The van der Waals surface area contributed by atoms with E-state index in [0.29, 0.717) is 17.6 Å². The third-order valence-electron chi connectivity index (χ3n) is 2.40. The molecule has 0 saturated heterocycles. The van der Waals surface area contributed by atoms with Crippen LogP contribution in [0.1, 0.15) is 19.5 Å². The van der Waals surface area contributed by atoms with Gasteiger partial charge in [0.15, 0.2) is 0 Å².